The molecule has 1 rings (SSSR count). The van der Waals surface area contributed by atoms with Crippen LogP contribution in [-0.4, -0.2) is 0 Å². The molecule has 0 spiro atoms. The molecule has 0 saturated carbocycles. The first-order valence-electron chi connectivity index (χ1n) is 3.73. The molecule has 1 atom stereocenters. The molecule has 0 bridgehead atoms. The highest BCUT2D eigenvalue weighted by Crippen LogP contribution is 2.21. The van der Waals surface area contributed by atoms with Gasteiger partial charge in [0.1, 0.15) is 5.54 Å². The van der Waals surface area contributed by atoms with Crippen molar-refractivity contribution in [2.24, 2.45) is 5.73 Å². The molecule has 1 aromatic rings. The molecule has 0 fully saturated rings. The van der Waals surface area contributed by atoms with Crippen LogP contribution in [0.2, 0.25) is 0 Å². The van der Waals surface area contributed by atoms with E-state index in [-0.39, 0.29) is 5.56 Å². The van der Waals surface area contributed by atoms with Crippen molar-refractivity contribution in [3.8, 4) is 6.07 Å². The third-order valence-electron chi connectivity index (χ3n) is 1.82. The minimum Gasteiger partial charge on any atom is -0.310 e. The van der Waals surface area contributed by atoms with Crippen LogP contribution in [0.5, 0.6) is 0 Å². The number of benzene rings is 1. The Morgan fingerprint density at radius 3 is 2.07 bits per heavy atom. The van der Waals surface area contributed by atoms with E-state index in [1.807, 2.05) is 0 Å². The van der Waals surface area contributed by atoms with E-state index >= 15 is 0 Å². The lowest BCUT2D eigenvalue weighted by Crippen LogP contribution is -2.31. The van der Waals surface area contributed by atoms with E-state index in [0.29, 0.717) is 12.1 Å². The summed E-state index contributed by atoms with van der Waals surface area (Å²) < 4.78 is 38.0. The second-order valence-corrected chi connectivity index (χ2v) is 3.07. The van der Waals surface area contributed by atoms with Crippen LogP contribution < -0.4 is 5.73 Å². The number of hydrogen-bond acceptors (Lipinski definition) is 2. The van der Waals surface area contributed by atoms with Gasteiger partial charge in [-0.05, 0) is 24.6 Å². The maximum Gasteiger partial charge on any atom is 0.194 e. The Kier molecular flexibility index (Phi) is 2.49. The quantitative estimate of drug-likeness (QED) is 0.702. The summed E-state index contributed by atoms with van der Waals surface area (Å²) in [6, 6.07) is 3.07. The molecular formula is C9H7F3N2. The fourth-order valence-corrected chi connectivity index (χ4v) is 0.920. The number of nitrogens with two attached hydrogens (primary N) is 1. The SMILES string of the molecule is C[C@](N)(C#N)c1cc(F)c(F)c(F)c1. The highest BCUT2D eigenvalue weighted by molar-refractivity contribution is 5.31. The summed E-state index contributed by atoms with van der Waals surface area (Å²) in [4.78, 5) is 0. The molecule has 0 amide bonds. The summed E-state index contributed by atoms with van der Waals surface area (Å²) in [5.41, 5.74) is 3.78. The molecule has 74 valence electrons. The molecule has 1 aromatic carbocycles. The van der Waals surface area contributed by atoms with E-state index in [1.165, 1.54) is 6.92 Å². The van der Waals surface area contributed by atoms with Gasteiger partial charge in [0.05, 0.1) is 6.07 Å². The third kappa shape index (κ3) is 1.70. The van der Waals surface area contributed by atoms with Crippen LogP contribution in [0, 0.1) is 28.8 Å². The molecule has 0 unspecified atom stereocenters. The summed E-state index contributed by atoms with van der Waals surface area (Å²) in [6.45, 7) is 1.28. The van der Waals surface area contributed by atoms with E-state index in [9.17, 15) is 13.2 Å². The van der Waals surface area contributed by atoms with Crippen LogP contribution in [0.1, 0.15) is 12.5 Å². The van der Waals surface area contributed by atoms with Crippen LogP contribution in [-0.2, 0) is 5.54 Å². The Morgan fingerprint density at radius 2 is 1.71 bits per heavy atom. The molecule has 5 heteroatoms. The zero-order chi connectivity index (χ0) is 10.9. The molecule has 0 aliphatic rings. The van der Waals surface area contributed by atoms with Gasteiger partial charge in [0.25, 0.3) is 0 Å². The van der Waals surface area contributed by atoms with Crippen LogP contribution in [0.15, 0.2) is 12.1 Å². The average Bonchev–Trinajstić information content (AvgIpc) is 2.13. The van der Waals surface area contributed by atoms with E-state index in [0.717, 1.165) is 0 Å². The minimum atomic E-state index is -1.57. The molecule has 0 heterocycles. The van der Waals surface area contributed by atoms with Crippen molar-refractivity contribution in [1.29, 1.82) is 5.26 Å². The summed E-state index contributed by atoms with van der Waals surface area (Å²) in [6.07, 6.45) is 0. The van der Waals surface area contributed by atoms with Crippen molar-refractivity contribution in [3.05, 3.63) is 35.1 Å². The van der Waals surface area contributed by atoms with Gasteiger partial charge in [-0.25, -0.2) is 13.2 Å². The van der Waals surface area contributed by atoms with E-state index in [2.05, 4.69) is 0 Å². The number of nitriles is 1. The third-order valence-corrected chi connectivity index (χ3v) is 1.82. The summed E-state index contributed by atoms with van der Waals surface area (Å²) in [7, 11) is 0. The Bertz CT molecular complexity index is 384. The summed E-state index contributed by atoms with van der Waals surface area (Å²) >= 11 is 0. The molecule has 0 aromatic heterocycles. The highest BCUT2D eigenvalue weighted by Gasteiger charge is 2.23. The first kappa shape index (κ1) is 10.5. The molecule has 0 saturated heterocycles. The molecule has 0 radical (unpaired) electrons. The molecule has 0 aliphatic heterocycles. The second kappa shape index (κ2) is 3.31. The van der Waals surface area contributed by atoms with E-state index in [4.69, 9.17) is 11.0 Å². The van der Waals surface area contributed by atoms with Crippen molar-refractivity contribution in [2.75, 3.05) is 0 Å². The molecule has 2 nitrogen and oxygen atoms in total. The van der Waals surface area contributed by atoms with Gasteiger partial charge in [0.2, 0.25) is 0 Å². The number of nitrogens with zero attached hydrogens (tertiary/aromatic N) is 1. The fraction of sp³-hybridized carbons (Fsp3) is 0.222. The summed E-state index contributed by atoms with van der Waals surface area (Å²) in [5.74, 6) is -4.28. The van der Waals surface area contributed by atoms with Gasteiger partial charge in [-0.15, -0.1) is 0 Å². The Balaban J connectivity index is 3.35. The summed E-state index contributed by atoms with van der Waals surface area (Å²) in [5, 5.41) is 8.58. The largest absolute Gasteiger partial charge is 0.310 e. The van der Waals surface area contributed by atoms with Gasteiger partial charge in [-0.2, -0.15) is 5.26 Å². The van der Waals surface area contributed by atoms with Crippen molar-refractivity contribution in [2.45, 2.75) is 12.5 Å². The normalized spacial score (nSPS) is 14.6. The van der Waals surface area contributed by atoms with Gasteiger partial charge in [0, 0.05) is 0 Å². The van der Waals surface area contributed by atoms with Crippen LogP contribution in [0.4, 0.5) is 13.2 Å². The topological polar surface area (TPSA) is 49.8 Å². The first-order chi connectivity index (χ1) is 6.38. The molecule has 2 N–H and O–H groups in total. The predicted octanol–water partition coefficient (Wildman–Crippen LogP) is 1.80. The van der Waals surface area contributed by atoms with Crippen LogP contribution in [0.3, 0.4) is 0 Å². The molecular weight excluding hydrogens is 193 g/mol. The smallest absolute Gasteiger partial charge is 0.194 e. The van der Waals surface area contributed by atoms with Crippen molar-refractivity contribution in [1.82, 2.24) is 0 Å². The number of rotatable bonds is 1. The maximum absolute atomic E-state index is 12.7. The zero-order valence-electron chi connectivity index (χ0n) is 7.31. The lowest BCUT2D eigenvalue weighted by atomic mass is 9.95. The Hall–Kier alpha value is -1.54. The minimum absolute atomic E-state index is 0.101. The van der Waals surface area contributed by atoms with Crippen LogP contribution in [0.25, 0.3) is 0 Å². The fourth-order valence-electron chi connectivity index (χ4n) is 0.920. The van der Waals surface area contributed by atoms with Crippen LogP contribution >= 0.6 is 0 Å². The van der Waals surface area contributed by atoms with Gasteiger partial charge < -0.3 is 5.73 Å². The van der Waals surface area contributed by atoms with Crippen molar-refractivity contribution < 1.29 is 13.2 Å². The monoisotopic (exact) mass is 200 g/mol. The van der Waals surface area contributed by atoms with E-state index in [1.54, 1.807) is 6.07 Å². The predicted molar refractivity (Wildman–Crippen MR) is 43.5 cm³/mol. The maximum atomic E-state index is 12.7. The number of halogens is 3. The zero-order valence-corrected chi connectivity index (χ0v) is 7.31. The Morgan fingerprint density at radius 1 is 1.29 bits per heavy atom. The van der Waals surface area contributed by atoms with E-state index < -0.39 is 23.0 Å². The number of hydrogen-bond donors (Lipinski definition) is 1. The Labute approximate surface area is 78.8 Å². The molecule has 0 aliphatic carbocycles. The molecule has 14 heavy (non-hydrogen) atoms. The highest BCUT2D eigenvalue weighted by atomic mass is 19.2. The van der Waals surface area contributed by atoms with Crippen molar-refractivity contribution >= 4 is 0 Å². The first-order valence-corrected chi connectivity index (χ1v) is 3.73. The lowest BCUT2D eigenvalue weighted by Gasteiger charge is -2.15. The van der Waals surface area contributed by atoms with Gasteiger partial charge in [-0.3, -0.25) is 0 Å². The van der Waals surface area contributed by atoms with Gasteiger partial charge >= 0.3 is 0 Å². The standard InChI is InChI=1S/C9H7F3N2/c1-9(14,4-13)5-2-6(10)8(12)7(11)3-5/h2-3H,14H2,1H3/t9-/m0/s1. The average molecular weight is 200 g/mol. The van der Waals surface area contributed by atoms with Crippen molar-refractivity contribution in [3.63, 3.8) is 0 Å². The van der Waals surface area contributed by atoms with Gasteiger partial charge in [-0.1, -0.05) is 0 Å². The lowest BCUT2D eigenvalue weighted by molar-refractivity contribution is 0.441. The second-order valence-electron chi connectivity index (χ2n) is 3.07. The van der Waals surface area contributed by atoms with Gasteiger partial charge in [0.15, 0.2) is 17.5 Å².